The van der Waals surface area contributed by atoms with Gasteiger partial charge in [-0.05, 0) is 42.8 Å². The molecule has 0 aliphatic carbocycles. The number of carbonyl (C=O) groups excluding carboxylic acids is 4. The van der Waals surface area contributed by atoms with Crippen LogP contribution in [0.1, 0.15) is 33.1 Å². The van der Waals surface area contributed by atoms with Crippen LogP contribution in [0.4, 0.5) is 0 Å². The summed E-state index contributed by atoms with van der Waals surface area (Å²) in [5.41, 5.74) is 11.0. The summed E-state index contributed by atoms with van der Waals surface area (Å²) >= 11 is 2.95. The number of hydrogen-bond acceptors (Lipinski definition) is 8. The lowest BCUT2D eigenvalue weighted by molar-refractivity contribution is -0.142. The lowest BCUT2D eigenvalue weighted by Crippen LogP contribution is -2.59. The van der Waals surface area contributed by atoms with Crippen LogP contribution >= 0.6 is 23.5 Å². The summed E-state index contributed by atoms with van der Waals surface area (Å²) in [7, 11) is 0. The summed E-state index contributed by atoms with van der Waals surface area (Å²) < 4.78 is 0. The van der Waals surface area contributed by atoms with E-state index in [-0.39, 0.29) is 6.42 Å². The first-order valence-corrected chi connectivity index (χ1v) is 12.9. The molecule has 0 radical (unpaired) electrons. The van der Waals surface area contributed by atoms with Crippen LogP contribution in [0.15, 0.2) is 0 Å². The highest BCUT2D eigenvalue weighted by Gasteiger charge is 2.32. The number of carboxylic acids is 1. The summed E-state index contributed by atoms with van der Waals surface area (Å²) in [5.74, 6) is -3.33. The van der Waals surface area contributed by atoms with Gasteiger partial charge in [-0.3, -0.25) is 19.2 Å². The minimum Gasteiger partial charge on any atom is -0.480 e. The zero-order valence-electron chi connectivity index (χ0n) is 18.9. The molecule has 0 aliphatic heterocycles. The molecule has 0 aromatic rings. The Balaban J connectivity index is 5.35. The van der Waals surface area contributed by atoms with E-state index in [1.165, 1.54) is 23.5 Å². The van der Waals surface area contributed by atoms with E-state index in [0.717, 1.165) is 0 Å². The van der Waals surface area contributed by atoms with Gasteiger partial charge in [0, 0.05) is 0 Å². The summed E-state index contributed by atoms with van der Waals surface area (Å²) in [4.78, 5) is 60.6. The Morgan fingerprint density at radius 2 is 1.38 bits per heavy atom. The molecule has 0 fully saturated rings. The quantitative estimate of drug-likeness (QED) is 0.155. The number of carbonyl (C=O) groups is 5. The summed E-state index contributed by atoms with van der Waals surface area (Å²) in [6, 6.07) is -4.39. The van der Waals surface area contributed by atoms with E-state index in [1.807, 2.05) is 12.5 Å². The van der Waals surface area contributed by atoms with E-state index in [9.17, 15) is 29.1 Å². The third kappa shape index (κ3) is 11.6. The first-order chi connectivity index (χ1) is 14.9. The molecule has 0 saturated heterocycles. The van der Waals surface area contributed by atoms with Crippen LogP contribution in [0, 0.1) is 5.92 Å². The zero-order chi connectivity index (χ0) is 24.8. The van der Waals surface area contributed by atoms with Crippen molar-refractivity contribution >= 4 is 53.1 Å². The topological polar surface area (TPSA) is 194 Å². The van der Waals surface area contributed by atoms with E-state index >= 15 is 0 Å². The van der Waals surface area contributed by atoms with Gasteiger partial charge >= 0.3 is 5.97 Å². The van der Waals surface area contributed by atoms with Gasteiger partial charge in [-0.25, -0.2) is 4.79 Å². The molecule has 0 bridgehead atoms. The number of nitrogens with two attached hydrogens (primary N) is 2. The number of hydrogen-bond donors (Lipinski definition) is 6. The predicted molar refractivity (Wildman–Crippen MR) is 126 cm³/mol. The number of rotatable bonds is 16. The van der Waals surface area contributed by atoms with Gasteiger partial charge in [-0.15, -0.1) is 0 Å². The fourth-order valence-corrected chi connectivity index (χ4v) is 3.57. The van der Waals surface area contributed by atoms with Gasteiger partial charge in [0.2, 0.25) is 23.6 Å². The van der Waals surface area contributed by atoms with Crippen LogP contribution < -0.4 is 27.4 Å². The van der Waals surface area contributed by atoms with Crippen molar-refractivity contribution in [2.45, 2.75) is 57.3 Å². The zero-order valence-corrected chi connectivity index (χ0v) is 20.5. The smallest absolute Gasteiger partial charge is 0.326 e. The second kappa shape index (κ2) is 15.8. The number of thioether (sulfide) groups is 2. The van der Waals surface area contributed by atoms with Gasteiger partial charge in [0.15, 0.2) is 0 Å². The Kier molecular flexibility index (Phi) is 14.8. The molecule has 0 spiro atoms. The molecule has 0 aromatic carbocycles. The Bertz CT molecular complexity index is 664. The third-order valence-electron chi connectivity index (χ3n) is 4.48. The van der Waals surface area contributed by atoms with Crippen LogP contribution in [0.25, 0.3) is 0 Å². The maximum Gasteiger partial charge on any atom is 0.326 e. The SMILES string of the molecule is CSCCC(N)C(=O)NC(CC(N)=O)C(=O)NC(C(=O)NC(CCSC)C(=O)O)C(C)C. The van der Waals surface area contributed by atoms with Crippen molar-refractivity contribution in [3.63, 3.8) is 0 Å². The second-order valence-corrected chi connectivity index (χ2v) is 9.50. The van der Waals surface area contributed by atoms with Crippen LogP contribution in [0.2, 0.25) is 0 Å². The summed E-state index contributed by atoms with van der Waals surface area (Å²) in [6.07, 6.45) is 3.79. The van der Waals surface area contributed by atoms with Gasteiger partial charge in [0.1, 0.15) is 18.1 Å². The molecule has 4 unspecified atom stereocenters. The fraction of sp³-hybridized carbons (Fsp3) is 0.737. The summed E-state index contributed by atoms with van der Waals surface area (Å²) in [6.45, 7) is 3.34. The van der Waals surface area contributed by atoms with E-state index in [0.29, 0.717) is 17.9 Å². The van der Waals surface area contributed by atoms with Gasteiger partial charge in [-0.2, -0.15) is 23.5 Å². The van der Waals surface area contributed by atoms with Crippen molar-refractivity contribution in [3.8, 4) is 0 Å². The van der Waals surface area contributed by atoms with Gasteiger partial charge < -0.3 is 32.5 Å². The van der Waals surface area contributed by atoms with Crippen molar-refractivity contribution in [2.24, 2.45) is 17.4 Å². The predicted octanol–water partition coefficient (Wildman–Crippen LogP) is -1.11. The molecule has 32 heavy (non-hydrogen) atoms. The van der Waals surface area contributed by atoms with Crippen LogP contribution in [0.3, 0.4) is 0 Å². The Hall–Kier alpha value is -1.99. The number of amides is 4. The van der Waals surface area contributed by atoms with Crippen LogP contribution in [-0.4, -0.2) is 82.9 Å². The summed E-state index contributed by atoms with van der Waals surface area (Å²) in [5, 5.41) is 16.7. The molecule has 11 nitrogen and oxygen atoms in total. The Labute approximate surface area is 196 Å². The van der Waals surface area contributed by atoms with Gasteiger partial charge in [-0.1, -0.05) is 13.8 Å². The van der Waals surface area contributed by atoms with E-state index < -0.39 is 66.1 Å². The highest BCUT2D eigenvalue weighted by Crippen LogP contribution is 2.07. The second-order valence-electron chi connectivity index (χ2n) is 7.53. The lowest BCUT2D eigenvalue weighted by Gasteiger charge is -2.26. The normalized spacial score (nSPS) is 14.7. The largest absolute Gasteiger partial charge is 0.480 e. The average Bonchev–Trinajstić information content (AvgIpc) is 2.71. The molecule has 4 atom stereocenters. The van der Waals surface area contributed by atoms with E-state index in [2.05, 4.69) is 16.0 Å². The molecule has 0 heterocycles. The monoisotopic (exact) mass is 493 g/mol. The Morgan fingerprint density at radius 3 is 1.84 bits per heavy atom. The van der Waals surface area contributed by atoms with Gasteiger partial charge in [0.25, 0.3) is 0 Å². The number of nitrogens with one attached hydrogen (secondary N) is 3. The molecule has 4 amide bonds. The molecular weight excluding hydrogens is 458 g/mol. The molecule has 8 N–H and O–H groups in total. The maximum atomic E-state index is 12.8. The molecule has 0 aliphatic rings. The average molecular weight is 494 g/mol. The number of aliphatic carboxylic acids is 1. The molecule has 13 heteroatoms. The first kappa shape index (κ1) is 30.0. The van der Waals surface area contributed by atoms with Crippen LogP contribution in [0.5, 0.6) is 0 Å². The molecule has 0 aromatic heterocycles. The standard InChI is InChI=1S/C19H35N5O6S2/c1-10(2)15(18(28)22-12(19(29)30)6-8-32-4)24-17(27)13(9-14(21)25)23-16(26)11(20)5-7-31-3/h10-13,15H,5-9,20H2,1-4H3,(H2,21,25)(H,22,28)(H,23,26)(H,24,27)(H,29,30). The first-order valence-electron chi connectivity index (χ1n) is 10.1. The molecule has 184 valence electrons. The van der Waals surface area contributed by atoms with Crippen molar-refractivity contribution in [1.82, 2.24) is 16.0 Å². The highest BCUT2D eigenvalue weighted by molar-refractivity contribution is 7.98. The van der Waals surface area contributed by atoms with Gasteiger partial charge in [0.05, 0.1) is 12.5 Å². The van der Waals surface area contributed by atoms with Crippen molar-refractivity contribution in [1.29, 1.82) is 0 Å². The highest BCUT2D eigenvalue weighted by atomic mass is 32.2. The third-order valence-corrected chi connectivity index (χ3v) is 5.77. The molecule has 0 rings (SSSR count). The van der Waals surface area contributed by atoms with Crippen molar-refractivity contribution in [2.75, 3.05) is 24.0 Å². The minimum absolute atomic E-state index is 0.218. The molecular formula is C19H35N5O6S2. The van der Waals surface area contributed by atoms with Crippen LogP contribution in [-0.2, 0) is 24.0 Å². The Morgan fingerprint density at radius 1 is 0.844 bits per heavy atom. The van der Waals surface area contributed by atoms with E-state index in [1.54, 1.807) is 13.8 Å². The number of primary amides is 1. The van der Waals surface area contributed by atoms with Crippen molar-refractivity contribution < 1.29 is 29.1 Å². The minimum atomic E-state index is -1.32. The van der Waals surface area contributed by atoms with E-state index in [4.69, 9.17) is 11.5 Å². The lowest BCUT2D eigenvalue weighted by atomic mass is 10.0. The fourth-order valence-electron chi connectivity index (χ4n) is 2.61. The maximum absolute atomic E-state index is 12.8. The van der Waals surface area contributed by atoms with Crippen molar-refractivity contribution in [3.05, 3.63) is 0 Å². The number of carboxylic acid groups (broad SMARTS) is 1. The molecule has 0 saturated carbocycles.